The van der Waals surface area contributed by atoms with E-state index in [-0.39, 0.29) is 36.9 Å². The Morgan fingerprint density at radius 3 is 2.59 bits per heavy atom. The van der Waals surface area contributed by atoms with Crippen molar-refractivity contribution in [2.24, 2.45) is 5.92 Å². The first-order valence-corrected chi connectivity index (χ1v) is 9.64. The minimum Gasteiger partial charge on any atom is -0.479 e. The quantitative estimate of drug-likeness (QED) is 0.707. The summed E-state index contributed by atoms with van der Waals surface area (Å²) < 4.78 is 11.2. The number of para-hydroxylation sites is 1. The van der Waals surface area contributed by atoms with Crippen molar-refractivity contribution < 1.29 is 19.1 Å². The van der Waals surface area contributed by atoms with Crippen LogP contribution in [-0.4, -0.2) is 30.6 Å². The van der Waals surface area contributed by atoms with Gasteiger partial charge in [0.05, 0.1) is 12.0 Å². The molecule has 1 aliphatic rings. The van der Waals surface area contributed by atoms with Crippen LogP contribution < -0.4 is 10.1 Å². The number of hydrogen-bond acceptors (Lipinski definition) is 5. The first kappa shape index (κ1) is 20.8. The molecule has 0 spiro atoms. The number of nitriles is 1. The first-order valence-electron chi connectivity index (χ1n) is 9.64. The summed E-state index contributed by atoms with van der Waals surface area (Å²) in [6, 6.07) is 8.87. The molecule has 0 bridgehead atoms. The van der Waals surface area contributed by atoms with Crippen LogP contribution in [-0.2, 0) is 14.3 Å². The van der Waals surface area contributed by atoms with Crippen LogP contribution in [0.1, 0.15) is 57.9 Å². The second-order valence-corrected chi connectivity index (χ2v) is 7.18. The molecule has 146 valence electrons. The number of benzene rings is 1. The molecule has 0 heterocycles. The summed E-state index contributed by atoms with van der Waals surface area (Å²) in [4.78, 5) is 24.4. The van der Waals surface area contributed by atoms with E-state index >= 15 is 0 Å². The third kappa shape index (κ3) is 6.59. The molecule has 1 aliphatic carbocycles. The van der Waals surface area contributed by atoms with Crippen LogP contribution in [0.4, 0.5) is 0 Å². The lowest BCUT2D eigenvalue weighted by molar-refractivity contribution is -0.150. The van der Waals surface area contributed by atoms with Crippen LogP contribution >= 0.6 is 0 Å². The molecule has 0 aromatic heterocycles. The summed E-state index contributed by atoms with van der Waals surface area (Å²) in [5, 5.41) is 11.9. The highest BCUT2D eigenvalue weighted by Gasteiger charge is 2.25. The van der Waals surface area contributed by atoms with E-state index in [0.29, 0.717) is 11.3 Å². The molecule has 1 amide bonds. The molecule has 6 nitrogen and oxygen atoms in total. The standard InChI is InChI=1S/C21H28N2O4/c1-15(2)20(27-18-11-7-6-8-16(18)14-22)21(25)23-13-12-19(24)26-17-9-4-3-5-10-17/h6-8,11,15,17,20H,3-5,9-10,12-13H2,1-2H3,(H,23,25)/t20-/m0/s1. The fourth-order valence-electron chi connectivity index (χ4n) is 3.11. The second-order valence-electron chi connectivity index (χ2n) is 7.18. The highest BCUT2D eigenvalue weighted by Crippen LogP contribution is 2.21. The van der Waals surface area contributed by atoms with Crippen LogP contribution in [0.3, 0.4) is 0 Å². The third-order valence-corrected chi connectivity index (χ3v) is 4.60. The van der Waals surface area contributed by atoms with Gasteiger partial charge in [-0.2, -0.15) is 5.26 Å². The largest absolute Gasteiger partial charge is 0.479 e. The number of carbonyl (C=O) groups is 2. The molecule has 0 saturated heterocycles. The van der Waals surface area contributed by atoms with Crippen molar-refractivity contribution in [1.29, 1.82) is 5.26 Å². The Labute approximate surface area is 160 Å². The average molecular weight is 372 g/mol. The second kappa shape index (κ2) is 10.6. The summed E-state index contributed by atoms with van der Waals surface area (Å²) in [6.07, 6.45) is 4.69. The van der Waals surface area contributed by atoms with E-state index in [1.165, 1.54) is 6.42 Å². The summed E-state index contributed by atoms with van der Waals surface area (Å²) in [5.41, 5.74) is 0.381. The normalized spacial score (nSPS) is 15.6. The van der Waals surface area contributed by atoms with E-state index in [9.17, 15) is 9.59 Å². The summed E-state index contributed by atoms with van der Waals surface area (Å²) >= 11 is 0. The van der Waals surface area contributed by atoms with Gasteiger partial charge in [0.15, 0.2) is 6.10 Å². The predicted molar refractivity (Wildman–Crippen MR) is 101 cm³/mol. The van der Waals surface area contributed by atoms with Gasteiger partial charge in [0.1, 0.15) is 17.9 Å². The summed E-state index contributed by atoms with van der Waals surface area (Å²) in [7, 11) is 0. The molecule has 1 aromatic carbocycles. The number of hydrogen-bond donors (Lipinski definition) is 1. The molecule has 1 saturated carbocycles. The maximum Gasteiger partial charge on any atom is 0.307 e. The average Bonchev–Trinajstić information content (AvgIpc) is 2.66. The summed E-state index contributed by atoms with van der Waals surface area (Å²) in [5.74, 6) is -0.293. The van der Waals surface area contributed by atoms with Crippen molar-refractivity contribution in [3.05, 3.63) is 29.8 Å². The molecular formula is C21H28N2O4. The minimum absolute atomic E-state index is 0.0242. The van der Waals surface area contributed by atoms with Gasteiger partial charge in [0.2, 0.25) is 0 Å². The van der Waals surface area contributed by atoms with Gasteiger partial charge in [-0.1, -0.05) is 32.4 Å². The molecule has 0 aliphatic heterocycles. The number of nitrogens with one attached hydrogen (secondary N) is 1. The van der Waals surface area contributed by atoms with Crippen molar-refractivity contribution in [1.82, 2.24) is 5.32 Å². The number of nitrogens with zero attached hydrogens (tertiary/aromatic N) is 1. The minimum atomic E-state index is -0.742. The van der Waals surface area contributed by atoms with Crippen molar-refractivity contribution >= 4 is 11.9 Å². The lowest BCUT2D eigenvalue weighted by Gasteiger charge is -2.23. The van der Waals surface area contributed by atoms with Gasteiger partial charge < -0.3 is 14.8 Å². The molecule has 6 heteroatoms. The molecule has 1 atom stereocenters. The highest BCUT2D eigenvalue weighted by atomic mass is 16.5. The van der Waals surface area contributed by atoms with Crippen LogP contribution in [0.5, 0.6) is 5.75 Å². The van der Waals surface area contributed by atoms with Crippen LogP contribution in [0.25, 0.3) is 0 Å². The molecule has 1 aromatic rings. The molecule has 1 fully saturated rings. The van der Waals surface area contributed by atoms with Gasteiger partial charge in [0.25, 0.3) is 5.91 Å². The van der Waals surface area contributed by atoms with E-state index < -0.39 is 6.10 Å². The Morgan fingerprint density at radius 2 is 1.93 bits per heavy atom. The highest BCUT2D eigenvalue weighted by molar-refractivity contribution is 5.82. The number of rotatable bonds is 8. The fraction of sp³-hybridized carbons (Fsp3) is 0.571. The van der Waals surface area contributed by atoms with Gasteiger partial charge in [-0.15, -0.1) is 0 Å². The van der Waals surface area contributed by atoms with E-state index in [0.717, 1.165) is 25.7 Å². The van der Waals surface area contributed by atoms with Crippen molar-refractivity contribution in [2.75, 3.05) is 6.54 Å². The monoisotopic (exact) mass is 372 g/mol. The van der Waals surface area contributed by atoms with Gasteiger partial charge in [-0.05, 0) is 43.7 Å². The van der Waals surface area contributed by atoms with E-state index in [1.54, 1.807) is 24.3 Å². The molecule has 1 N–H and O–H groups in total. The lowest BCUT2D eigenvalue weighted by atomic mass is 9.98. The predicted octanol–water partition coefficient (Wildman–Crippen LogP) is 3.34. The Hall–Kier alpha value is -2.55. The SMILES string of the molecule is CC(C)[C@H](Oc1ccccc1C#N)C(=O)NCCC(=O)OC1CCCCC1. The van der Waals surface area contributed by atoms with Crippen molar-refractivity contribution in [3.63, 3.8) is 0 Å². The van der Waals surface area contributed by atoms with Crippen LogP contribution in [0.15, 0.2) is 24.3 Å². The zero-order chi connectivity index (χ0) is 19.6. The van der Waals surface area contributed by atoms with Crippen LogP contribution in [0, 0.1) is 17.2 Å². The van der Waals surface area contributed by atoms with Gasteiger partial charge >= 0.3 is 5.97 Å². The topological polar surface area (TPSA) is 88.4 Å². The number of esters is 1. The molecule has 0 unspecified atom stereocenters. The van der Waals surface area contributed by atoms with Gasteiger partial charge in [-0.3, -0.25) is 9.59 Å². The molecule has 2 rings (SSSR count). The van der Waals surface area contributed by atoms with E-state index in [4.69, 9.17) is 14.7 Å². The lowest BCUT2D eigenvalue weighted by Crippen LogP contribution is -2.42. The van der Waals surface area contributed by atoms with E-state index in [1.807, 2.05) is 13.8 Å². The number of carbonyl (C=O) groups excluding carboxylic acids is 2. The van der Waals surface area contributed by atoms with Crippen molar-refractivity contribution in [2.45, 2.75) is 64.6 Å². The number of amides is 1. The zero-order valence-electron chi connectivity index (χ0n) is 16.1. The zero-order valence-corrected chi connectivity index (χ0v) is 16.1. The van der Waals surface area contributed by atoms with Gasteiger partial charge in [0, 0.05) is 6.54 Å². The van der Waals surface area contributed by atoms with Gasteiger partial charge in [-0.25, -0.2) is 0 Å². The van der Waals surface area contributed by atoms with Crippen LogP contribution in [0.2, 0.25) is 0 Å². The smallest absolute Gasteiger partial charge is 0.307 e. The Balaban J connectivity index is 1.82. The van der Waals surface area contributed by atoms with Crippen molar-refractivity contribution in [3.8, 4) is 11.8 Å². The van der Waals surface area contributed by atoms with E-state index in [2.05, 4.69) is 11.4 Å². The Morgan fingerprint density at radius 1 is 1.22 bits per heavy atom. The Bertz CT molecular complexity index is 675. The fourth-order valence-corrected chi connectivity index (χ4v) is 3.11. The maximum absolute atomic E-state index is 12.5. The molecule has 27 heavy (non-hydrogen) atoms. The third-order valence-electron chi connectivity index (χ3n) is 4.60. The molecular weight excluding hydrogens is 344 g/mol. The Kier molecular flexibility index (Phi) is 8.12. The number of ether oxygens (including phenoxy) is 2. The maximum atomic E-state index is 12.5. The summed E-state index contributed by atoms with van der Waals surface area (Å²) in [6.45, 7) is 3.95. The first-order chi connectivity index (χ1) is 13.0. The molecule has 0 radical (unpaired) electrons.